The molecule has 0 saturated carbocycles. The Bertz CT molecular complexity index is 274. The lowest BCUT2D eigenvalue weighted by Crippen LogP contribution is -2.44. The van der Waals surface area contributed by atoms with Crippen LogP contribution < -0.4 is 11.3 Å². The van der Waals surface area contributed by atoms with Crippen molar-refractivity contribution in [1.82, 2.24) is 5.43 Å². The highest BCUT2D eigenvalue weighted by molar-refractivity contribution is 8.00. The first-order chi connectivity index (χ1) is 7.03. The number of hydrazine groups is 1. The van der Waals surface area contributed by atoms with Crippen LogP contribution in [0.3, 0.4) is 0 Å². The molecule has 0 aliphatic carbocycles. The molecule has 1 saturated heterocycles. The van der Waals surface area contributed by atoms with Crippen LogP contribution in [-0.2, 0) is 9.84 Å². The third kappa shape index (κ3) is 5.19. The second kappa shape index (κ2) is 6.08. The van der Waals surface area contributed by atoms with Crippen LogP contribution in [0.2, 0.25) is 0 Å². The first kappa shape index (κ1) is 13.3. The van der Waals surface area contributed by atoms with E-state index in [1.807, 2.05) is 11.8 Å². The smallest absolute Gasteiger partial charge is 0.147 e. The predicted molar refractivity (Wildman–Crippen MR) is 65.5 cm³/mol. The molecule has 0 radical (unpaired) electrons. The average Bonchev–Trinajstić information content (AvgIpc) is 2.19. The van der Waals surface area contributed by atoms with E-state index in [1.54, 1.807) is 0 Å². The van der Waals surface area contributed by atoms with Gasteiger partial charge in [-0.2, -0.15) is 11.8 Å². The van der Waals surface area contributed by atoms with E-state index in [2.05, 4.69) is 5.43 Å². The minimum absolute atomic E-state index is 0.130. The van der Waals surface area contributed by atoms with Crippen molar-refractivity contribution in [3.05, 3.63) is 0 Å². The molecule has 1 fully saturated rings. The number of hydrogen-bond acceptors (Lipinski definition) is 5. The van der Waals surface area contributed by atoms with Crippen molar-refractivity contribution in [3.8, 4) is 0 Å². The number of sulfone groups is 1. The highest BCUT2D eigenvalue weighted by atomic mass is 32.2. The molecule has 2 atom stereocenters. The van der Waals surface area contributed by atoms with Gasteiger partial charge in [0, 0.05) is 17.5 Å². The van der Waals surface area contributed by atoms with Gasteiger partial charge >= 0.3 is 0 Å². The molecule has 1 rings (SSSR count). The molecule has 3 N–H and O–H groups in total. The van der Waals surface area contributed by atoms with E-state index in [1.165, 1.54) is 24.9 Å². The predicted octanol–water partition coefficient (Wildman–Crippen LogP) is 0.539. The molecule has 0 aromatic rings. The molecular formula is C9H20N2O2S2. The topological polar surface area (TPSA) is 72.2 Å². The number of nitrogens with one attached hydrogen (secondary N) is 1. The van der Waals surface area contributed by atoms with Gasteiger partial charge in [-0.25, -0.2) is 8.42 Å². The molecular weight excluding hydrogens is 232 g/mol. The van der Waals surface area contributed by atoms with Crippen LogP contribution in [0.5, 0.6) is 0 Å². The van der Waals surface area contributed by atoms with E-state index >= 15 is 0 Å². The van der Waals surface area contributed by atoms with Crippen LogP contribution in [0.1, 0.15) is 25.7 Å². The maximum absolute atomic E-state index is 11.1. The van der Waals surface area contributed by atoms with Crippen LogP contribution in [0.25, 0.3) is 0 Å². The molecule has 0 spiro atoms. The van der Waals surface area contributed by atoms with Gasteiger partial charge in [-0.15, -0.1) is 0 Å². The van der Waals surface area contributed by atoms with Gasteiger partial charge < -0.3 is 0 Å². The van der Waals surface area contributed by atoms with Gasteiger partial charge in [0.2, 0.25) is 0 Å². The minimum atomic E-state index is -2.87. The Morgan fingerprint density at radius 2 is 2.27 bits per heavy atom. The van der Waals surface area contributed by atoms with Gasteiger partial charge in [0.1, 0.15) is 9.84 Å². The van der Waals surface area contributed by atoms with Crippen LogP contribution in [0, 0.1) is 0 Å². The standard InChI is InChI=1S/C9H20N2O2S2/c1-15(12,13)7-5-8(11-10)9-4-2-3-6-14-9/h8-9,11H,2-7,10H2,1H3. The minimum Gasteiger partial charge on any atom is -0.271 e. The third-order valence-corrected chi connectivity index (χ3v) is 5.17. The molecule has 0 amide bonds. The summed E-state index contributed by atoms with van der Waals surface area (Å²) in [6.45, 7) is 0. The fourth-order valence-electron chi connectivity index (χ4n) is 1.80. The lowest BCUT2D eigenvalue weighted by atomic mass is 10.1. The first-order valence-electron chi connectivity index (χ1n) is 5.28. The lowest BCUT2D eigenvalue weighted by Gasteiger charge is -2.29. The largest absolute Gasteiger partial charge is 0.271 e. The Kier molecular flexibility index (Phi) is 5.38. The van der Waals surface area contributed by atoms with E-state index in [-0.39, 0.29) is 11.8 Å². The van der Waals surface area contributed by atoms with Crippen LogP contribution in [-0.4, -0.2) is 37.5 Å². The van der Waals surface area contributed by atoms with Gasteiger partial charge in [-0.3, -0.25) is 11.3 Å². The highest BCUT2D eigenvalue weighted by Gasteiger charge is 2.23. The van der Waals surface area contributed by atoms with Crippen molar-refractivity contribution < 1.29 is 8.42 Å². The maximum Gasteiger partial charge on any atom is 0.147 e. The fourth-order valence-corrected chi connectivity index (χ4v) is 3.94. The van der Waals surface area contributed by atoms with E-state index in [0.29, 0.717) is 11.7 Å². The molecule has 90 valence electrons. The summed E-state index contributed by atoms with van der Waals surface area (Å²) in [5.74, 6) is 6.86. The number of hydrogen-bond donors (Lipinski definition) is 2. The van der Waals surface area contributed by atoms with Gasteiger partial charge in [0.25, 0.3) is 0 Å². The SMILES string of the molecule is CS(=O)(=O)CCC(NN)C1CCCCS1. The van der Waals surface area contributed by atoms with E-state index < -0.39 is 9.84 Å². The summed E-state index contributed by atoms with van der Waals surface area (Å²) in [4.78, 5) is 0. The fraction of sp³-hybridized carbons (Fsp3) is 1.00. The zero-order valence-corrected chi connectivity index (χ0v) is 10.7. The second-order valence-electron chi connectivity index (χ2n) is 4.10. The zero-order valence-electron chi connectivity index (χ0n) is 9.11. The Hall–Kier alpha value is 0.220. The molecule has 0 aromatic heterocycles. The van der Waals surface area contributed by atoms with Crippen molar-refractivity contribution in [3.63, 3.8) is 0 Å². The molecule has 4 nitrogen and oxygen atoms in total. The molecule has 0 bridgehead atoms. The summed E-state index contributed by atoms with van der Waals surface area (Å²) < 4.78 is 22.1. The van der Waals surface area contributed by atoms with Crippen molar-refractivity contribution in [2.24, 2.45) is 5.84 Å². The molecule has 0 aromatic carbocycles. The molecule has 1 aliphatic heterocycles. The van der Waals surface area contributed by atoms with E-state index in [4.69, 9.17) is 5.84 Å². The normalized spacial score (nSPS) is 25.1. The molecule has 2 unspecified atom stereocenters. The zero-order chi connectivity index (χ0) is 11.3. The van der Waals surface area contributed by atoms with Gasteiger partial charge in [-0.1, -0.05) is 6.42 Å². The lowest BCUT2D eigenvalue weighted by molar-refractivity contribution is 0.462. The Balaban J connectivity index is 2.40. The van der Waals surface area contributed by atoms with Gasteiger partial charge in [-0.05, 0) is 25.0 Å². The van der Waals surface area contributed by atoms with Crippen LogP contribution in [0.4, 0.5) is 0 Å². The van der Waals surface area contributed by atoms with Crippen molar-refractivity contribution in [1.29, 1.82) is 0 Å². The van der Waals surface area contributed by atoms with Crippen molar-refractivity contribution >= 4 is 21.6 Å². The summed E-state index contributed by atoms with van der Waals surface area (Å²) >= 11 is 1.91. The quantitative estimate of drug-likeness (QED) is 0.552. The summed E-state index contributed by atoms with van der Waals surface area (Å²) in [5.41, 5.74) is 2.76. The van der Waals surface area contributed by atoms with Gasteiger partial charge in [0.15, 0.2) is 0 Å². The van der Waals surface area contributed by atoms with Crippen LogP contribution in [0.15, 0.2) is 0 Å². The number of nitrogens with two attached hydrogens (primary N) is 1. The Morgan fingerprint density at radius 1 is 1.53 bits per heavy atom. The second-order valence-corrected chi connectivity index (χ2v) is 7.70. The average molecular weight is 252 g/mol. The van der Waals surface area contributed by atoms with Crippen molar-refractivity contribution in [2.75, 3.05) is 17.8 Å². The molecule has 15 heavy (non-hydrogen) atoms. The summed E-state index contributed by atoms with van der Waals surface area (Å²) in [5, 5.41) is 0.477. The third-order valence-electron chi connectivity index (χ3n) is 2.68. The van der Waals surface area contributed by atoms with Gasteiger partial charge in [0.05, 0.1) is 5.75 Å². The first-order valence-corrected chi connectivity index (χ1v) is 8.39. The highest BCUT2D eigenvalue weighted by Crippen LogP contribution is 2.28. The van der Waals surface area contributed by atoms with Crippen molar-refractivity contribution in [2.45, 2.75) is 37.0 Å². The maximum atomic E-state index is 11.1. The Morgan fingerprint density at radius 3 is 2.73 bits per heavy atom. The Labute approximate surface area is 96.3 Å². The molecule has 6 heteroatoms. The molecule has 1 heterocycles. The number of thioether (sulfide) groups is 1. The summed E-state index contributed by atoms with van der Waals surface area (Å²) in [6, 6.07) is 0.130. The van der Waals surface area contributed by atoms with E-state index in [0.717, 1.165) is 6.42 Å². The summed E-state index contributed by atoms with van der Waals surface area (Å²) in [6.07, 6.45) is 5.53. The monoisotopic (exact) mass is 252 g/mol. The summed E-state index contributed by atoms with van der Waals surface area (Å²) in [7, 11) is -2.87. The molecule has 1 aliphatic rings. The van der Waals surface area contributed by atoms with Crippen LogP contribution >= 0.6 is 11.8 Å². The number of rotatable bonds is 5. The van der Waals surface area contributed by atoms with E-state index in [9.17, 15) is 8.42 Å².